The van der Waals surface area contributed by atoms with E-state index in [9.17, 15) is 0 Å². The molecule has 3 heteroatoms. The van der Waals surface area contributed by atoms with E-state index in [4.69, 9.17) is 16.3 Å². The average Bonchev–Trinajstić information content (AvgIpc) is 2.42. The minimum atomic E-state index is -0.0551. The van der Waals surface area contributed by atoms with Crippen LogP contribution in [-0.2, 0) is 11.2 Å². The van der Waals surface area contributed by atoms with Gasteiger partial charge in [-0.05, 0) is 63.8 Å². The molecule has 1 atom stereocenters. The number of rotatable bonds is 9. The van der Waals surface area contributed by atoms with Gasteiger partial charge in [0.25, 0.3) is 0 Å². The van der Waals surface area contributed by atoms with Crippen molar-refractivity contribution in [3.05, 3.63) is 34.9 Å². The Morgan fingerprint density at radius 1 is 1.35 bits per heavy atom. The Balaban J connectivity index is 2.59. The fourth-order valence-corrected chi connectivity index (χ4v) is 2.41. The number of ether oxygens (including phenoxy) is 1. The van der Waals surface area contributed by atoms with Crippen LogP contribution in [0, 0.1) is 0 Å². The summed E-state index contributed by atoms with van der Waals surface area (Å²) in [5.41, 5.74) is 1.24. The van der Waals surface area contributed by atoms with Gasteiger partial charge >= 0.3 is 0 Å². The van der Waals surface area contributed by atoms with E-state index in [-0.39, 0.29) is 5.60 Å². The summed E-state index contributed by atoms with van der Waals surface area (Å²) in [4.78, 5) is 0. The monoisotopic (exact) mass is 297 g/mol. The molecule has 0 heterocycles. The van der Waals surface area contributed by atoms with Crippen molar-refractivity contribution >= 4 is 11.6 Å². The highest BCUT2D eigenvalue weighted by Gasteiger charge is 2.19. The van der Waals surface area contributed by atoms with Crippen LogP contribution in [-0.4, -0.2) is 25.3 Å². The smallest absolute Gasteiger partial charge is 0.0623 e. The van der Waals surface area contributed by atoms with E-state index < -0.39 is 0 Å². The van der Waals surface area contributed by atoms with Crippen molar-refractivity contribution in [3.8, 4) is 0 Å². The Morgan fingerprint density at radius 2 is 2.10 bits per heavy atom. The Morgan fingerprint density at radius 3 is 2.70 bits per heavy atom. The molecule has 1 N–H and O–H groups in total. The predicted octanol–water partition coefficient (Wildman–Crippen LogP) is 4.46. The molecule has 0 aliphatic carbocycles. The maximum absolute atomic E-state index is 6.06. The molecule has 0 saturated carbocycles. The minimum Gasteiger partial charge on any atom is -0.379 e. The van der Waals surface area contributed by atoms with Crippen LogP contribution in [0.1, 0.15) is 45.6 Å². The SMILES string of the molecule is CCCNC(CCC(C)(C)OC)Cc1cccc(Cl)c1. The standard InChI is InChI=1S/C17H28ClNO/c1-5-11-19-16(9-10-17(2,3)20-4)13-14-7-6-8-15(18)12-14/h6-8,12,16,19H,5,9-11,13H2,1-4H3. The lowest BCUT2D eigenvalue weighted by Crippen LogP contribution is -2.34. The van der Waals surface area contributed by atoms with Gasteiger partial charge < -0.3 is 10.1 Å². The number of benzene rings is 1. The van der Waals surface area contributed by atoms with Gasteiger partial charge in [0.2, 0.25) is 0 Å². The maximum atomic E-state index is 6.06. The molecule has 0 bridgehead atoms. The van der Waals surface area contributed by atoms with Gasteiger partial charge in [0.05, 0.1) is 5.60 Å². The molecule has 0 aliphatic rings. The van der Waals surface area contributed by atoms with E-state index in [1.807, 2.05) is 12.1 Å². The van der Waals surface area contributed by atoms with Gasteiger partial charge in [-0.25, -0.2) is 0 Å². The summed E-state index contributed by atoms with van der Waals surface area (Å²) in [7, 11) is 1.78. The topological polar surface area (TPSA) is 21.3 Å². The van der Waals surface area contributed by atoms with Gasteiger partial charge in [-0.1, -0.05) is 30.7 Å². The van der Waals surface area contributed by atoms with E-state index in [0.717, 1.165) is 37.3 Å². The first kappa shape index (κ1) is 17.5. The van der Waals surface area contributed by atoms with E-state index >= 15 is 0 Å². The quantitative estimate of drug-likeness (QED) is 0.727. The van der Waals surface area contributed by atoms with Gasteiger partial charge in [-0.15, -0.1) is 0 Å². The number of nitrogens with one attached hydrogen (secondary N) is 1. The maximum Gasteiger partial charge on any atom is 0.0623 e. The summed E-state index contributed by atoms with van der Waals surface area (Å²) in [6, 6.07) is 8.63. The number of hydrogen-bond acceptors (Lipinski definition) is 2. The van der Waals surface area contributed by atoms with Crippen molar-refractivity contribution in [2.75, 3.05) is 13.7 Å². The van der Waals surface area contributed by atoms with Crippen LogP contribution >= 0.6 is 11.6 Å². The van der Waals surface area contributed by atoms with Crippen molar-refractivity contribution < 1.29 is 4.74 Å². The molecular weight excluding hydrogens is 270 g/mol. The fourth-order valence-electron chi connectivity index (χ4n) is 2.20. The second-order valence-electron chi connectivity index (χ2n) is 5.99. The molecule has 20 heavy (non-hydrogen) atoms. The van der Waals surface area contributed by atoms with Gasteiger partial charge in [-0.3, -0.25) is 0 Å². The summed E-state index contributed by atoms with van der Waals surface area (Å²) in [6.07, 6.45) is 4.32. The Hall–Kier alpha value is -0.570. The van der Waals surface area contributed by atoms with Crippen LogP contribution < -0.4 is 5.32 Å². The Bertz CT molecular complexity index is 392. The first-order chi connectivity index (χ1) is 9.46. The molecule has 114 valence electrons. The number of halogens is 1. The normalized spacial score (nSPS) is 13.4. The van der Waals surface area contributed by atoms with Crippen LogP contribution in [0.15, 0.2) is 24.3 Å². The molecule has 1 aromatic rings. The largest absolute Gasteiger partial charge is 0.379 e. The average molecular weight is 298 g/mol. The summed E-state index contributed by atoms with van der Waals surface area (Å²) < 4.78 is 5.51. The molecule has 1 rings (SSSR count). The minimum absolute atomic E-state index is 0.0551. The Labute approximate surface area is 128 Å². The number of hydrogen-bond donors (Lipinski definition) is 1. The van der Waals surface area contributed by atoms with Crippen LogP contribution in [0.5, 0.6) is 0 Å². The van der Waals surface area contributed by atoms with E-state index in [2.05, 4.69) is 38.2 Å². The van der Waals surface area contributed by atoms with Gasteiger partial charge in [-0.2, -0.15) is 0 Å². The summed E-state index contributed by atoms with van der Waals surface area (Å²) in [5.74, 6) is 0. The third-order valence-electron chi connectivity index (χ3n) is 3.70. The van der Waals surface area contributed by atoms with Crippen LogP contribution in [0.3, 0.4) is 0 Å². The molecule has 1 unspecified atom stereocenters. The molecule has 1 aromatic carbocycles. The van der Waals surface area contributed by atoms with Crippen LogP contribution in [0.25, 0.3) is 0 Å². The summed E-state index contributed by atoms with van der Waals surface area (Å²) in [5, 5.41) is 4.45. The second kappa shape index (κ2) is 8.66. The third-order valence-corrected chi connectivity index (χ3v) is 3.94. The number of methoxy groups -OCH3 is 1. The van der Waals surface area contributed by atoms with Crippen molar-refractivity contribution in [3.63, 3.8) is 0 Å². The predicted molar refractivity (Wildman–Crippen MR) is 87.6 cm³/mol. The summed E-state index contributed by atoms with van der Waals surface area (Å²) >= 11 is 6.06. The van der Waals surface area contributed by atoms with Crippen molar-refractivity contribution in [2.45, 2.75) is 58.1 Å². The first-order valence-electron chi connectivity index (χ1n) is 7.50. The summed E-state index contributed by atoms with van der Waals surface area (Å²) in [6.45, 7) is 7.54. The van der Waals surface area contributed by atoms with Crippen molar-refractivity contribution in [1.29, 1.82) is 0 Å². The molecule has 0 amide bonds. The van der Waals surface area contributed by atoms with Crippen molar-refractivity contribution in [2.24, 2.45) is 0 Å². The fraction of sp³-hybridized carbons (Fsp3) is 0.647. The van der Waals surface area contributed by atoms with Gasteiger partial charge in [0, 0.05) is 18.2 Å². The Kier molecular flexibility index (Phi) is 7.57. The lowest BCUT2D eigenvalue weighted by atomic mass is 9.95. The van der Waals surface area contributed by atoms with Crippen LogP contribution in [0.2, 0.25) is 5.02 Å². The molecule has 0 spiro atoms. The van der Waals surface area contributed by atoms with Gasteiger partial charge in [0.15, 0.2) is 0 Å². The third kappa shape index (κ3) is 6.74. The van der Waals surface area contributed by atoms with E-state index in [1.165, 1.54) is 5.56 Å². The van der Waals surface area contributed by atoms with E-state index in [0.29, 0.717) is 6.04 Å². The molecule has 0 radical (unpaired) electrons. The van der Waals surface area contributed by atoms with Crippen molar-refractivity contribution in [1.82, 2.24) is 5.32 Å². The van der Waals surface area contributed by atoms with Gasteiger partial charge in [0.1, 0.15) is 0 Å². The lowest BCUT2D eigenvalue weighted by Gasteiger charge is -2.26. The highest BCUT2D eigenvalue weighted by atomic mass is 35.5. The first-order valence-corrected chi connectivity index (χ1v) is 7.87. The molecular formula is C17H28ClNO. The van der Waals surface area contributed by atoms with E-state index in [1.54, 1.807) is 7.11 Å². The molecule has 0 saturated heterocycles. The zero-order valence-electron chi connectivity index (χ0n) is 13.2. The van der Waals surface area contributed by atoms with Crippen LogP contribution in [0.4, 0.5) is 0 Å². The second-order valence-corrected chi connectivity index (χ2v) is 6.42. The molecule has 0 aliphatic heterocycles. The zero-order valence-corrected chi connectivity index (χ0v) is 14.0. The zero-order chi connectivity index (χ0) is 15.0. The molecule has 2 nitrogen and oxygen atoms in total. The lowest BCUT2D eigenvalue weighted by molar-refractivity contribution is 0.0117. The molecule has 0 aromatic heterocycles. The highest BCUT2D eigenvalue weighted by Crippen LogP contribution is 2.19. The molecule has 0 fully saturated rings. The highest BCUT2D eigenvalue weighted by molar-refractivity contribution is 6.30.